The molecule has 1 rings (SSSR count). The molecule has 0 aliphatic carbocycles. The molecule has 0 bridgehead atoms. The Hall–Kier alpha value is -0.570. The number of hydrogen-bond donors (Lipinski definition) is 2. The van der Waals surface area contributed by atoms with Gasteiger partial charge in [-0.15, -0.1) is 0 Å². The van der Waals surface area contributed by atoms with Gasteiger partial charge < -0.3 is 0 Å². The summed E-state index contributed by atoms with van der Waals surface area (Å²) in [6.45, 7) is 4.36. The Balaban J connectivity index is 2.71. The average Bonchev–Trinajstić information content (AvgIpc) is 2.27. The number of nitrogens with two attached hydrogens (primary N) is 1. The lowest BCUT2D eigenvalue weighted by Gasteiger charge is -2.22. The van der Waals surface area contributed by atoms with Crippen molar-refractivity contribution < 1.29 is 0 Å². The monoisotopic (exact) mass is 226 g/mol. The van der Waals surface area contributed by atoms with E-state index in [-0.39, 0.29) is 6.04 Å². The fraction of sp³-hybridized carbons (Fsp3) is 0.500. The van der Waals surface area contributed by atoms with E-state index in [0.29, 0.717) is 5.92 Å². The Morgan fingerprint density at radius 2 is 2.07 bits per heavy atom. The normalized spacial score (nSPS) is 14.9. The second-order valence-electron chi connectivity index (χ2n) is 3.95. The lowest BCUT2D eigenvalue weighted by Crippen LogP contribution is -2.41. The van der Waals surface area contributed by atoms with Gasteiger partial charge in [-0.25, -0.2) is 0 Å². The van der Waals surface area contributed by atoms with Crippen molar-refractivity contribution in [3.8, 4) is 0 Å². The van der Waals surface area contributed by atoms with Gasteiger partial charge in [-0.3, -0.25) is 11.3 Å². The number of halogens is 1. The summed E-state index contributed by atoms with van der Waals surface area (Å²) >= 11 is 6.10. The summed E-state index contributed by atoms with van der Waals surface area (Å²) in [6, 6.07) is 8.21. The van der Waals surface area contributed by atoms with Gasteiger partial charge in [0, 0.05) is 11.1 Å². The van der Waals surface area contributed by atoms with Crippen molar-refractivity contribution in [3.05, 3.63) is 34.9 Å². The van der Waals surface area contributed by atoms with Crippen molar-refractivity contribution >= 4 is 11.6 Å². The fourth-order valence-electron chi connectivity index (χ4n) is 1.61. The van der Waals surface area contributed by atoms with Crippen LogP contribution in [0.1, 0.15) is 25.8 Å². The van der Waals surface area contributed by atoms with E-state index in [0.717, 1.165) is 23.4 Å². The van der Waals surface area contributed by atoms with Crippen molar-refractivity contribution in [2.24, 2.45) is 11.8 Å². The molecular weight excluding hydrogens is 208 g/mol. The minimum absolute atomic E-state index is 0.287. The van der Waals surface area contributed by atoms with Gasteiger partial charge in [-0.05, 0) is 24.0 Å². The minimum Gasteiger partial charge on any atom is -0.271 e. The van der Waals surface area contributed by atoms with Gasteiger partial charge in [0.2, 0.25) is 0 Å². The first kappa shape index (κ1) is 12.5. The summed E-state index contributed by atoms with van der Waals surface area (Å²) in [5.74, 6) is 6.10. The molecule has 0 heterocycles. The zero-order valence-electron chi connectivity index (χ0n) is 9.33. The van der Waals surface area contributed by atoms with Gasteiger partial charge in [0.05, 0.1) is 0 Å². The summed E-state index contributed by atoms with van der Waals surface area (Å²) < 4.78 is 0. The van der Waals surface area contributed by atoms with Gasteiger partial charge in [0.25, 0.3) is 0 Å². The zero-order chi connectivity index (χ0) is 11.3. The second-order valence-corrected chi connectivity index (χ2v) is 4.36. The Kier molecular flexibility index (Phi) is 5.09. The highest BCUT2D eigenvalue weighted by Crippen LogP contribution is 2.19. The molecule has 3 N–H and O–H groups in total. The van der Waals surface area contributed by atoms with Crippen LogP contribution in [0.2, 0.25) is 5.02 Å². The molecule has 15 heavy (non-hydrogen) atoms. The first-order valence-corrected chi connectivity index (χ1v) is 5.76. The Bertz CT molecular complexity index is 301. The van der Waals surface area contributed by atoms with E-state index in [9.17, 15) is 0 Å². The Morgan fingerprint density at radius 3 is 2.60 bits per heavy atom. The maximum atomic E-state index is 6.10. The molecule has 3 heteroatoms. The smallest absolute Gasteiger partial charge is 0.0438 e. The minimum atomic E-state index is 0.287. The molecule has 84 valence electrons. The third kappa shape index (κ3) is 3.49. The summed E-state index contributed by atoms with van der Waals surface area (Å²) in [5, 5.41) is 0.820. The predicted octanol–water partition coefficient (Wildman–Crippen LogP) is 2.76. The lowest BCUT2D eigenvalue weighted by molar-refractivity contribution is 0.370. The molecule has 2 atom stereocenters. The van der Waals surface area contributed by atoms with Crippen LogP contribution in [0, 0.1) is 5.92 Å². The zero-order valence-corrected chi connectivity index (χ0v) is 10.1. The van der Waals surface area contributed by atoms with E-state index in [1.807, 2.05) is 18.2 Å². The molecule has 0 fully saturated rings. The molecule has 0 aliphatic rings. The van der Waals surface area contributed by atoms with Gasteiger partial charge in [-0.1, -0.05) is 50.1 Å². The molecule has 0 spiro atoms. The summed E-state index contributed by atoms with van der Waals surface area (Å²) in [5.41, 5.74) is 4.02. The summed E-state index contributed by atoms with van der Waals surface area (Å²) in [7, 11) is 0. The predicted molar refractivity (Wildman–Crippen MR) is 65.7 cm³/mol. The molecule has 1 aromatic carbocycles. The van der Waals surface area contributed by atoms with Crippen LogP contribution in [-0.2, 0) is 6.42 Å². The number of hydrazine groups is 1. The molecular formula is C12H19ClN2. The van der Waals surface area contributed by atoms with Gasteiger partial charge in [0.1, 0.15) is 0 Å². The van der Waals surface area contributed by atoms with Crippen LogP contribution in [-0.4, -0.2) is 6.04 Å². The standard InChI is InChI=1S/C12H19ClN2/c1-3-9(2)12(15-14)8-10-6-4-5-7-11(10)13/h4-7,9,12,15H,3,8,14H2,1-2H3. The van der Waals surface area contributed by atoms with Gasteiger partial charge >= 0.3 is 0 Å². The van der Waals surface area contributed by atoms with Crippen LogP contribution >= 0.6 is 11.6 Å². The van der Waals surface area contributed by atoms with Crippen molar-refractivity contribution in [2.45, 2.75) is 32.7 Å². The molecule has 2 nitrogen and oxygen atoms in total. The SMILES string of the molecule is CCC(C)C(Cc1ccccc1Cl)NN. The van der Waals surface area contributed by atoms with Crippen LogP contribution in [0.25, 0.3) is 0 Å². The largest absolute Gasteiger partial charge is 0.271 e. The van der Waals surface area contributed by atoms with E-state index in [2.05, 4.69) is 25.3 Å². The van der Waals surface area contributed by atoms with Crippen molar-refractivity contribution in [2.75, 3.05) is 0 Å². The molecule has 0 aliphatic heterocycles. The molecule has 0 saturated carbocycles. The van der Waals surface area contributed by atoms with E-state index >= 15 is 0 Å². The topological polar surface area (TPSA) is 38.0 Å². The molecule has 1 aromatic rings. The molecule has 0 saturated heterocycles. The second kappa shape index (κ2) is 6.11. The quantitative estimate of drug-likeness (QED) is 0.599. The highest BCUT2D eigenvalue weighted by molar-refractivity contribution is 6.31. The molecule has 0 amide bonds. The van der Waals surface area contributed by atoms with Crippen molar-refractivity contribution in [1.29, 1.82) is 0 Å². The van der Waals surface area contributed by atoms with Crippen molar-refractivity contribution in [1.82, 2.24) is 5.43 Å². The van der Waals surface area contributed by atoms with Gasteiger partial charge in [0.15, 0.2) is 0 Å². The lowest BCUT2D eigenvalue weighted by atomic mass is 9.93. The van der Waals surface area contributed by atoms with E-state index < -0.39 is 0 Å². The molecule has 2 unspecified atom stereocenters. The highest BCUT2D eigenvalue weighted by atomic mass is 35.5. The maximum Gasteiger partial charge on any atom is 0.0438 e. The first-order chi connectivity index (χ1) is 7.19. The number of hydrogen-bond acceptors (Lipinski definition) is 2. The Labute approximate surface area is 96.8 Å². The van der Waals surface area contributed by atoms with Crippen LogP contribution < -0.4 is 11.3 Å². The van der Waals surface area contributed by atoms with Crippen molar-refractivity contribution in [3.63, 3.8) is 0 Å². The molecule has 0 radical (unpaired) electrons. The number of benzene rings is 1. The van der Waals surface area contributed by atoms with E-state index in [1.54, 1.807) is 0 Å². The van der Waals surface area contributed by atoms with Crippen LogP contribution in [0.5, 0.6) is 0 Å². The third-order valence-corrected chi connectivity index (χ3v) is 3.31. The molecule has 0 aromatic heterocycles. The van der Waals surface area contributed by atoms with E-state index in [1.165, 1.54) is 0 Å². The highest BCUT2D eigenvalue weighted by Gasteiger charge is 2.15. The van der Waals surface area contributed by atoms with E-state index in [4.69, 9.17) is 17.4 Å². The summed E-state index contributed by atoms with van der Waals surface area (Å²) in [4.78, 5) is 0. The summed E-state index contributed by atoms with van der Waals surface area (Å²) in [6.07, 6.45) is 1.99. The van der Waals surface area contributed by atoms with Gasteiger partial charge in [-0.2, -0.15) is 0 Å². The van der Waals surface area contributed by atoms with Crippen LogP contribution in [0.3, 0.4) is 0 Å². The number of nitrogens with one attached hydrogen (secondary N) is 1. The first-order valence-electron chi connectivity index (χ1n) is 5.38. The van der Waals surface area contributed by atoms with Crippen LogP contribution in [0.15, 0.2) is 24.3 Å². The number of rotatable bonds is 5. The average molecular weight is 227 g/mol. The fourth-order valence-corrected chi connectivity index (χ4v) is 1.82. The maximum absolute atomic E-state index is 6.10. The third-order valence-electron chi connectivity index (χ3n) is 2.94. The van der Waals surface area contributed by atoms with Crippen LogP contribution in [0.4, 0.5) is 0 Å². The Morgan fingerprint density at radius 1 is 1.40 bits per heavy atom.